The van der Waals surface area contributed by atoms with E-state index >= 15 is 0 Å². The highest BCUT2D eigenvalue weighted by Gasteiger charge is 2.25. The SMILES string of the molecule is CC(C)Cc1cc(C(=O)N[C@@H]2CCCc3occc32)n[nH]1. The third-order valence-electron chi connectivity index (χ3n) is 3.85. The largest absolute Gasteiger partial charge is 0.469 e. The monoisotopic (exact) mass is 287 g/mol. The highest BCUT2D eigenvalue weighted by molar-refractivity contribution is 5.92. The molecule has 0 aromatic carbocycles. The first-order valence-electron chi connectivity index (χ1n) is 7.55. The van der Waals surface area contributed by atoms with E-state index in [-0.39, 0.29) is 11.9 Å². The zero-order chi connectivity index (χ0) is 14.8. The number of H-pyrrole nitrogens is 1. The summed E-state index contributed by atoms with van der Waals surface area (Å²) in [6.07, 6.45) is 5.53. The van der Waals surface area contributed by atoms with Gasteiger partial charge in [0.25, 0.3) is 5.91 Å². The molecule has 0 radical (unpaired) electrons. The molecule has 1 aliphatic rings. The first-order chi connectivity index (χ1) is 10.1. The van der Waals surface area contributed by atoms with Gasteiger partial charge in [0.05, 0.1) is 12.3 Å². The van der Waals surface area contributed by atoms with Crippen LogP contribution >= 0.6 is 0 Å². The van der Waals surface area contributed by atoms with Crippen molar-refractivity contribution < 1.29 is 9.21 Å². The highest BCUT2D eigenvalue weighted by atomic mass is 16.3. The van der Waals surface area contributed by atoms with Crippen LogP contribution in [0.25, 0.3) is 0 Å². The summed E-state index contributed by atoms with van der Waals surface area (Å²) in [4.78, 5) is 12.3. The Morgan fingerprint density at radius 2 is 2.43 bits per heavy atom. The van der Waals surface area contributed by atoms with Gasteiger partial charge < -0.3 is 9.73 Å². The lowest BCUT2D eigenvalue weighted by Crippen LogP contribution is -2.30. The van der Waals surface area contributed by atoms with Crippen molar-refractivity contribution in [2.45, 2.75) is 45.6 Å². The molecule has 2 heterocycles. The zero-order valence-corrected chi connectivity index (χ0v) is 12.5. The van der Waals surface area contributed by atoms with Gasteiger partial charge in [-0.2, -0.15) is 5.10 Å². The quantitative estimate of drug-likeness (QED) is 0.908. The summed E-state index contributed by atoms with van der Waals surface area (Å²) in [6, 6.07) is 3.83. The molecule has 1 aliphatic carbocycles. The van der Waals surface area contributed by atoms with E-state index < -0.39 is 0 Å². The van der Waals surface area contributed by atoms with Crippen LogP contribution in [-0.4, -0.2) is 16.1 Å². The minimum absolute atomic E-state index is 0.0326. The Balaban J connectivity index is 1.69. The summed E-state index contributed by atoms with van der Waals surface area (Å²) in [5.74, 6) is 1.41. The van der Waals surface area contributed by atoms with Gasteiger partial charge in [-0.3, -0.25) is 9.89 Å². The van der Waals surface area contributed by atoms with Crippen molar-refractivity contribution in [2.75, 3.05) is 0 Å². The molecule has 0 bridgehead atoms. The molecule has 0 saturated carbocycles. The molecule has 21 heavy (non-hydrogen) atoms. The maximum atomic E-state index is 12.3. The van der Waals surface area contributed by atoms with Gasteiger partial charge in [-0.1, -0.05) is 13.8 Å². The number of nitrogens with zero attached hydrogens (tertiary/aromatic N) is 1. The van der Waals surface area contributed by atoms with Crippen molar-refractivity contribution in [2.24, 2.45) is 5.92 Å². The molecule has 2 aromatic heterocycles. The van der Waals surface area contributed by atoms with Gasteiger partial charge in [-0.15, -0.1) is 0 Å². The molecule has 2 aromatic rings. The standard InChI is InChI=1S/C16H21N3O2/c1-10(2)8-11-9-14(19-18-11)16(20)17-13-4-3-5-15-12(13)6-7-21-15/h6-7,9-10,13H,3-5,8H2,1-2H3,(H,17,20)(H,18,19)/t13-/m1/s1. The van der Waals surface area contributed by atoms with E-state index in [0.29, 0.717) is 11.6 Å². The lowest BCUT2D eigenvalue weighted by Gasteiger charge is -2.22. The number of furan rings is 1. The first kappa shape index (κ1) is 13.9. The van der Waals surface area contributed by atoms with Crippen molar-refractivity contribution in [3.05, 3.63) is 41.1 Å². The maximum absolute atomic E-state index is 12.3. The molecule has 0 aliphatic heterocycles. The Labute approximate surface area is 124 Å². The fourth-order valence-corrected chi connectivity index (χ4v) is 2.89. The topological polar surface area (TPSA) is 70.9 Å². The average molecular weight is 287 g/mol. The number of aromatic nitrogens is 2. The van der Waals surface area contributed by atoms with Crippen LogP contribution in [0.5, 0.6) is 0 Å². The van der Waals surface area contributed by atoms with E-state index in [1.807, 2.05) is 12.1 Å². The highest BCUT2D eigenvalue weighted by Crippen LogP contribution is 2.30. The zero-order valence-electron chi connectivity index (χ0n) is 12.5. The Bertz CT molecular complexity index is 627. The Kier molecular flexibility index (Phi) is 3.82. The van der Waals surface area contributed by atoms with Gasteiger partial charge in [-0.25, -0.2) is 0 Å². The van der Waals surface area contributed by atoms with Crippen molar-refractivity contribution >= 4 is 5.91 Å². The number of carbonyl (C=O) groups is 1. The maximum Gasteiger partial charge on any atom is 0.272 e. The van der Waals surface area contributed by atoms with Crippen LogP contribution in [0.1, 0.15) is 60.2 Å². The van der Waals surface area contributed by atoms with E-state index in [1.54, 1.807) is 6.26 Å². The molecule has 0 saturated heterocycles. The number of aryl methyl sites for hydroxylation is 1. The summed E-state index contributed by atoms with van der Waals surface area (Å²) in [5, 5.41) is 10.1. The van der Waals surface area contributed by atoms with Crippen molar-refractivity contribution in [3.8, 4) is 0 Å². The van der Waals surface area contributed by atoms with Gasteiger partial charge in [0.15, 0.2) is 0 Å². The van der Waals surface area contributed by atoms with Crippen LogP contribution in [0, 0.1) is 5.92 Å². The van der Waals surface area contributed by atoms with Crippen molar-refractivity contribution in [1.82, 2.24) is 15.5 Å². The molecule has 1 amide bonds. The molecule has 3 rings (SSSR count). The van der Waals surface area contributed by atoms with Crippen molar-refractivity contribution in [1.29, 1.82) is 0 Å². The predicted molar refractivity (Wildman–Crippen MR) is 79.0 cm³/mol. The molecule has 5 heteroatoms. The van der Waals surface area contributed by atoms with Crippen molar-refractivity contribution in [3.63, 3.8) is 0 Å². The van der Waals surface area contributed by atoms with Crippen LogP contribution in [0.2, 0.25) is 0 Å². The number of aromatic amines is 1. The number of rotatable bonds is 4. The Morgan fingerprint density at radius 1 is 1.57 bits per heavy atom. The molecule has 112 valence electrons. The average Bonchev–Trinajstić information content (AvgIpc) is 3.07. The van der Waals surface area contributed by atoms with Gasteiger partial charge in [0, 0.05) is 17.7 Å². The smallest absolute Gasteiger partial charge is 0.272 e. The minimum atomic E-state index is -0.125. The Hall–Kier alpha value is -2.04. The molecule has 5 nitrogen and oxygen atoms in total. The van der Waals surface area contributed by atoms with Gasteiger partial charge >= 0.3 is 0 Å². The van der Waals surface area contributed by atoms with Crippen LogP contribution < -0.4 is 5.32 Å². The summed E-state index contributed by atoms with van der Waals surface area (Å²) in [7, 11) is 0. The number of hydrogen-bond donors (Lipinski definition) is 2. The molecule has 0 fully saturated rings. The van der Waals surface area contributed by atoms with E-state index in [2.05, 4.69) is 29.4 Å². The van der Waals surface area contributed by atoms with Crippen LogP contribution in [0.4, 0.5) is 0 Å². The van der Waals surface area contributed by atoms with Crippen LogP contribution in [-0.2, 0) is 12.8 Å². The molecular formula is C16H21N3O2. The summed E-state index contributed by atoms with van der Waals surface area (Å²) >= 11 is 0. The number of carbonyl (C=O) groups excluding carboxylic acids is 1. The molecular weight excluding hydrogens is 266 g/mol. The second-order valence-corrected chi connectivity index (χ2v) is 6.09. The lowest BCUT2D eigenvalue weighted by atomic mass is 9.93. The molecule has 0 spiro atoms. The number of fused-ring (bicyclic) bond motifs is 1. The lowest BCUT2D eigenvalue weighted by molar-refractivity contribution is 0.0927. The molecule has 1 atom stereocenters. The number of hydrogen-bond acceptors (Lipinski definition) is 3. The van der Waals surface area contributed by atoms with Gasteiger partial charge in [-0.05, 0) is 37.3 Å². The van der Waals surface area contributed by atoms with Crippen LogP contribution in [0.3, 0.4) is 0 Å². The number of amides is 1. The normalized spacial score (nSPS) is 17.8. The van der Waals surface area contributed by atoms with E-state index in [0.717, 1.165) is 42.7 Å². The van der Waals surface area contributed by atoms with Crippen LogP contribution in [0.15, 0.2) is 22.8 Å². The minimum Gasteiger partial charge on any atom is -0.469 e. The fourth-order valence-electron chi connectivity index (χ4n) is 2.89. The van der Waals surface area contributed by atoms with E-state index in [4.69, 9.17) is 4.42 Å². The number of nitrogens with one attached hydrogen (secondary N) is 2. The van der Waals surface area contributed by atoms with E-state index in [9.17, 15) is 4.79 Å². The fraction of sp³-hybridized carbons (Fsp3) is 0.500. The summed E-state index contributed by atoms with van der Waals surface area (Å²) in [6.45, 7) is 4.28. The predicted octanol–water partition coefficient (Wildman–Crippen LogP) is 3.01. The van der Waals surface area contributed by atoms with Gasteiger partial charge in [0.1, 0.15) is 11.5 Å². The summed E-state index contributed by atoms with van der Waals surface area (Å²) < 4.78 is 5.45. The third kappa shape index (κ3) is 3.01. The molecule has 2 N–H and O–H groups in total. The molecule has 0 unspecified atom stereocenters. The Morgan fingerprint density at radius 3 is 3.24 bits per heavy atom. The van der Waals surface area contributed by atoms with E-state index in [1.165, 1.54) is 0 Å². The second kappa shape index (κ2) is 5.76. The van der Waals surface area contributed by atoms with Gasteiger partial charge in [0.2, 0.25) is 0 Å². The second-order valence-electron chi connectivity index (χ2n) is 6.09. The summed E-state index contributed by atoms with van der Waals surface area (Å²) in [5.41, 5.74) is 2.57. The third-order valence-corrected chi connectivity index (χ3v) is 3.85. The first-order valence-corrected chi connectivity index (χ1v) is 7.55.